The maximum atomic E-state index is 12.7. The van der Waals surface area contributed by atoms with Crippen molar-refractivity contribution in [3.63, 3.8) is 0 Å². The summed E-state index contributed by atoms with van der Waals surface area (Å²) in [6, 6.07) is 10.1. The van der Waals surface area contributed by atoms with Crippen LogP contribution in [0.1, 0.15) is 11.1 Å². The molecule has 0 atom stereocenters. The van der Waals surface area contributed by atoms with Gasteiger partial charge in [-0.1, -0.05) is 41.4 Å². The van der Waals surface area contributed by atoms with Crippen LogP contribution in [0, 0.1) is 0 Å². The lowest BCUT2D eigenvalue weighted by molar-refractivity contribution is -0.137. The first-order valence-corrected chi connectivity index (χ1v) is 7.99. The number of nitrogens with zero attached hydrogens (tertiary/aromatic N) is 1. The maximum absolute atomic E-state index is 12.7. The van der Waals surface area contributed by atoms with Crippen LogP contribution in [0.25, 0.3) is 11.3 Å². The highest BCUT2D eigenvalue weighted by molar-refractivity contribution is 6.43. The van der Waals surface area contributed by atoms with Gasteiger partial charge in [0.25, 0.3) is 0 Å². The fourth-order valence-electron chi connectivity index (χ4n) is 2.35. The molecule has 0 aliphatic carbocycles. The number of benzene rings is 2. The molecular formula is C17H12Cl2F3N3. The summed E-state index contributed by atoms with van der Waals surface area (Å²) in [4.78, 5) is 0. The smallest absolute Gasteiger partial charge is 0.380 e. The van der Waals surface area contributed by atoms with Gasteiger partial charge in [0.2, 0.25) is 0 Å². The zero-order chi connectivity index (χ0) is 18.0. The highest BCUT2D eigenvalue weighted by Crippen LogP contribution is 2.32. The average Bonchev–Trinajstić information content (AvgIpc) is 3.04. The van der Waals surface area contributed by atoms with Gasteiger partial charge < -0.3 is 5.32 Å². The minimum atomic E-state index is -4.36. The second kappa shape index (κ2) is 6.98. The Balaban J connectivity index is 1.80. The molecule has 0 radical (unpaired) electrons. The summed E-state index contributed by atoms with van der Waals surface area (Å²) in [6.07, 6.45) is -2.75. The van der Waals surface area contributed by atoms with E-state index in [2.05, 4.69) is 15.5 Å². The highest BCUT2D eigenvalue weighted by Gasteiger charge is 2.30. The Morgan fingerprint density at radius 1 is 1.04 bits per heavy atom. The highest BCUT2D eigenvalue weighted by atomic mass is 35.5. The van der Waals surface area contributed by atoms with E-state index in [0.29, 0.717) is 33.5 Å². The van der Waals surface area contributed by atoms with Crippen molar-refractivity contribution in [3.05, 3.63) is 69.8 Å². The number of halogens is 5. The normalized spacial score (nSPS) is 11.6. The number of hydrogen-bond donors (Lipinski definition) is 2. The zero-order valence-corrected chi connectivity index (χ0v) is 14.2. The van der Waals surface area contributed by atoms with Crippen molar-refractivity contribution >= 4 is 28.9 Å². The second-order valence-corrected chi connectivity index (χ2v) is 6.09. The Morgan fingerprint density at radius 2 is 1.76 bits per heavy atom. The van der Waals surface area contributed by atoms with E-state index in [1.807, 2.05) is 0 Å². The summed E-state index contributed by atoms with van der Waals surface area (Å²) in [7, 11) is 0. The van der Waals surface area contributed by atoms with E-state index >= 15 is 0 Å². The molecule has 0 saturated heterocycles. The van der Waals surface area contributed by atoms with Crippen LogP contribution in [0.15, 0.2) is 48.7 Å². The van der Waals surface area contributed by atoms with Gasteiger partial charge >= 0.3 is 6.18 Å². The van der Waals surface area contributed by atoms with Gasteiger partial charge in [-0.05, 0) is 29.8 Å². The Bertz CT molecular complexity index is 874. The van der Waals surface area contributed by atoms with Gasteiger partial charge in [0, 0.05) is 12.1 Å². The summed E-state index contributed by atoms with van der Waals surface area (Å²) >= 11 is 12.1. The molecule has 0 bridgehead atoms. The van der Waals surface area contributed by atoms with Crippen LogP contribution in [0.5, 0.6) is 0 Å². The van der Waals surface area contributed by atoms with Crippen molar-refractivity contribution in [1.29, 1.82) is 0 Å². The molecular weight excluding hydrogens is 374 g/mol. The third-order valence-electron chi connectivity index (χ3n) is 3.64. The van der Waals surface area contributed by atoms with Crippen LogP contribution in [-0.4, -0.2) is 10.2 Å². The molecule has 0 aliphatic rings. The van der Waals surface area contributed by atoms with Gasteiger partial charge in [-0.2, -0.15) is 18.3 Å². The zero-order valence-electron chi connectivity index (χ0n) is 12.7. The molecule has 3 rings (SSSR count). The minimum absolute atomic E-state index is 0.382. The number of rotatable bonds is 4. The summed E-state index contributed by atoms with van der Waals surface area (Å²) in [5, 5.41) is 10.8. The predicted molar refractivity (Wildman–Crippen MR) is 92.8 cm³/mol. The van der Waals surface area contributed by atoms with Crippen molar-refractivity contribution in [1.82, 2.24) is 10.2 Å². The Labute approximate surface area is 151 Å². The van der Waals surface area contributed by atoms with Crippen molar-refractivity contribution in [2.45, 2.75) is 12.7 Å². The van der Waals surface area contributed by atoms with Crippen LogP contribution in [-0.2, 0) is 12.7 Å². The summed E-state index contributed by atoms with van der Waals surface area (Å²) in [5.74, 6) is 0. The van der Waals surface area contributed by atoms with Gasteiger partial charge in [0.05, 0.1) is 33.2 Å². The van der Waals surface area contributed by atoms with Crippen molar-refractivity contribution < 1.29 is 13.2 Å². The molecule has 2 N–H and O–H groups in total. The average molecular weight is 386 g/mol. The molecule has 1 heterocycles. The standard InChI is InChI=1S/C17H12Cl2F3N3/c18-13-2-1-3-14(15(13)19)23-8-11-9-24-25-16(11)10-4-6-12(7-5-10)17(20,21)22/h1-7,9,23H,8H2,(H,24,25). The third-order valence-corrected chi connectivity index (χ3v) is 4.46. The van der Waals surface area contributed by atoms with Crippen molar-refractivity contribution in [2.24, 2.45) is 0 Å². The third kappa shape index (κ3) is 3.91. The first kappa shape index (κ1) is 17.6. The monoisotopic (exact) mass is 385 g/mol. The van der Waals surface area contributed by atoms with Crippen molar-refractivity contribution in [2.75, 3.05) is 5.32 Å². The van der Waals surface area contributed by atoms with E-state index in [9.17, 15) is 13.2 Å². The number of hydrogen-bond acceptors (Lipinski definition) is 2. The van der Waals surface area contributed by atoms with E-state index in [1.165, 1.54) is 12.1 Å². The molecule has 8 heteroatoms. The van der Waals surface area contributed by atoms with Crippen LogP contribution in [0.4, 0.5) is 18.9 Å². The van der Waals surface area contributed by atoms with Gasteiger partial charge in [-0.3, -0.25) is 5.10 Å². The fraction of sp³-hybridized carbons (Fsp3) is 0.118. The molecule has 0 fully saturated rings. The Morgan fingerprint density at radius 3 is 2.44 bits per heavy atom. The molecule has 0 spiro atoms. The Hall–Kier alpha value is -2.18. The minimum Gasteiger partial charge on any atom is -0.380 e. The number of alkyl halides is 3. The number of aromatic nitrogens is 2. The van der Waals surface area contributed by atoms with Crippen LogP contribution >= 0.6 is 23.2 Å². The maximum Gasteiger partial charge on any atom is 0.416 e. The molecule has 0 unspecified atom stereocenters. The molecule has 3 aromatic rings. The van der Waals surface area contributed by atoms with E-state index in [1.54, 1.807) is 24.4 Å². The first-order valence-electron chi connectivity index (χ1n) is 7.24. The largest absolute Gasteiger partial charge is 0.416 e. The lowest BCUT2D eigenvalue weighted by Crippen LogP contribution is -2.04. The summed E-state index contributed by atoms with van der Waals surface area (Å²) in [5.41, 5.74) is 2.00. The summed E-state index contributed by atoms with van der Waals surface area (Å²) in [6.45, 7) is 0.382. The number of nitrogens with one attached hydrogen (secondary N) is 2. The van der Waals surface area contributed by atoms with Gasteiger partial charge in [-0.15, -0.1) is 0 Å². The Kier molecular flexibility index (Phi) is 4.92. The predicted octanol–water partition coefficient (Wildman–Crippen LogP) is 6.01. The molecule has 0 aliphatic heterocycles. The van der Waals surface area contributed by atoms with Crippen LogP contribution in [0.3, 0.4) is 0 Å². The molecule has 1 aromatic heterocycles. The van der Waals surface area contributed by atoms with Crippen LogP contribution < -0.4 is 5.32 Å². The number of H-pyrrole nitrogens is 1. The molecule has 0 amide bonds. The van der Waals surface area contributed by atoms with E-state index in [4.69, 9.17) is 23.2 Å². The van der Waals surface area contributed by atoms with Gasteiger partial charge in [0.15, 0.2) is 0 Å². The molecule has 3 nitrogen and oxygen atoms in total. The van der Waals surface area contributed by atoms with Gasteiger partial charge in [0.1, 0.15) is 0 Å². The topological polar surface area (TPSA) is 40.7 Å². The van der Waals surface area contributed by atoms with E-state index in [0.717, 1.165) is 17.7 Å². The number of anilines is 1. The fourth-order valence-corrected chi connectivity index (χ4v) is 2.72. The number of aromatic amines is 1. The quantitative estimate of drug-likeness (QED) is 0.576. The SMILES string of the molecule is FC(F)(F)c1ccc(-c2[nH]ncc2CNc2cccc(Cl)c2Cl)cc1. The summed E-state index contributed by atoms with van der Waals surface area (Å²) < 4.78 is 38.0. The second-order valence-electron chi connectivity index (χ2n) is 5.30. The lowest BCUT2D eigenvalue weighted by Gasteiger charge is -2.10. The van der Waals surface area contributed by atoms with E-state index < -0.39 is 11.7 Å². The lowest BCUT2D eigenvalue weighted by atomic mass is 10.1. The molecule has 2 aromatic carbocycles. The molecule has 0 saturated carbocycles. The van der Waals surface area contributed by atoms with Gasteiger partial charge in [-0.25, -0.2) is 0 Å². The van der Waals surface area contributed by atoms with E-state index in [-0.39, 0.29) is 0 Å². The van der Waals surface area contributed by atoms with Crippen LogP contribution in [0.2, 0.25) is 10.0 Å². The molecule has 25 heavy (non-hydrogen) atoms. The van der Waals surface area contributed by atoms with Crippen molar-refractivity contribution in [3.8, 4) is 11.3 Å². The molecule has 130 valence electrons. The first-order chi connectivity index (χ1) is 11.9.